The van der Waals surface area contributed by atoms with Gasteiger partial charge in [0.2, 0.25) is 15.9 Å². The molecule has 6 nitrogen and oxygen atoms in total. The zero-order chi connectivity index (χ0) is 16.4. The predicted molar refractivity (Wildman–Crippen MR) is 86.6 cm³/mol. The smallest absolute Gasteiger partial charge is 0.235 e. The number of rotatable bonds is 6. The number of hydrogen-bond acceptors (Lipinski definition) is 4. The van der Waals surface area contributed by atoms with Gasteiger partial charge in [0.1, 0.15) is 5.75 Å². The average Bonchev–Trinajstić information content (AvgIpc) is 3.31. The zero-order valence-electron chi connectivity index (χ0n) is 13.2. The predicted octanol–water partition coefficient (Wildman–Crippen LogP) is 1.30. The maximum atomic E-state index is 12.3. The molecule has 3 rings (SSSR count). The maximum absolute atomic E-state index is 12.3. The van der Waals surface area contributed by atoms with Gasteiger partial charge in [0.15, 0.2) is 0 Å². The molecule has 1 N–H and O–H groups in total. The summed E-state index contributed by atoms with van der Waals surface area (Å²) >= 11 is 0. The fourth-order valence-corrected chi connectivity index (χ4v) is 4.44. The first kappa shape index (κ1) is 16.3. The fourth-order valence-electron chi connectivity index (χ4n) is 2.96. The Balaban J connectivity index is 1.66. The van der Waals surface area contributed by atoms with Crippen molar-refractivity contribution in [3.63, 3.8) is 0 Å². The molecule has 1 saturated carbocycles. The molecule has 0 radical (unpaired) electrons. The van der Waals surface area contributed by atoms with Crippen LogP contribution in [-0.4, -0.2) is 44.6 Å². The molecule has 1 aliphatic carbocycles. The summed E-state index contributed by atoms with van der Waals surface area (Å²) in [6.45, 7) is 0.355. The van der Waals surface area contributed by atoms with Crippen molar-refractivity contribution in [1.29, 1.82) is 0 Å². The SMILES string of the molecule is COc1ccc(C(NC(=O)CN2CCCS2(=O)=O)C2CC2)cc1. The van der Waals surface area contributed by atoms with Gasteiger partial charge in [-0.1, -0.05) is 12.1 Å². The van der Waals surface area contributed by atoms with Gasteiger partial charge in [-0.2, -0.15) is 4.31 Å². The van der Waals surface area contributed by atoms with Gasteiger partial charge in [-0.3, -0.25) is 4.79 Å². The second kappa shape index (κ2) is 6.49. The molecule has 1 aromatic rings. The fraction of sp³-hybridized carbons (Fsp3) is 0.562. The van der Waals surface area contributed by atoms with Crippen LogP contribution in [0.5, 0.6) is 5.75 Å². The molecular formula is C16H22N2O4S. The zero-order valence-corrected chi connectivity index (χ0v) is 14.0. The number of nitrogens with one attached hydrogen (secondary N) is 1. The number of carbonyl (C=O) groups excluding carboxylic acids is 1. The summed E-state index contributed by atoms with van der Waals surface area (Å²) in [5, 5.41) is 3.01. The number of carbonyl (C=O) groups is 1. The van der Waals surface area contributed by atoms with Crippen molar-refractivity contribution in [2.75, 3.05) is 26.0 Å². The molecule has 1 atom stereocenters. The van der Waals surface area contributed by atoms with Gasteiger partial charge in [0, 0.05) is 6.54 Å². The first-order valence-electron chi connectivity index (χ1n) is 7.91. The first-order chi connectivity index (χ1) is 11.0. The highest BCUT2D eigenvalue weighted by molar-refractivity contribution is 7.89. The van der Waals surface area contributed by atoms with Crippen LogP contribution in [-0.2, 0) is 14.8 Å². The molecule has 1 aromatic carbocycles. The summed E-state index contributed by atoms with van der Waals surface area (Å²) < 4.78 is 30.0. The Labute approximate surface area is 136 Å². The minimum Gasteiger partial charge on any atom is -0.497 e. The van der Waals surface area contributed by atoms with E-state index in [4.69, 9.17) is 4.74 Å². The molecule has 2 aliphatic rings. The Morgan fingerprint density at radius 2 is 2.04 bits per heavy atom. The third kappa shape index (κ3) is 3.84. The molecule has 2 fully saturated rings. The average molecular weight is 338 g/mol. The lowest BCUT2D eigenvalue weighted by atomic mass is 10.0. The Hall–Kier alpha value is -1.60. The number of ether oxygens (including phenoxy) is 1. The number of benzene rings is 1. The molecule has 126 valence electrons. The summed E-state index contributed by atoms with van der Waals surface area (Å²) in [4.78, 5) is 12.3. The number of sulfonamides is 1. The van der Waals surface area contributed by atoms with Crippen LogP contribution in [0.3, 0.4) is 0 Å². The van der Waals surface area contributed by atoms with Crippen molar-refractivity contribution in [1.82, 2.24) is 9.62 Å². The van der Waals surface area contributed by atoms with Crippen LogP contribution in [0.25, 0.3) is 0 Å². The monoisotopic (exact) mass is 338 g/mol. The Morgan fingerprint density at radius 3 is 2.57 bits per heavy atom. The van der Waals surface area contributed by atoms with Crippen LogP contribution in [0.1, 0.15) is 30.9 Å². The van der Waals surface area contributed by atoms with Crippen LogP contribution in [0.15, 0.2) is 24.3 Å². The van der Waals surface area contributed by atoms with Crippen LogP contribution in [0.2, 0.25) is 0 Å². The third-order valence-electron chi connectivity index (χ3n) is 4.41. The largest absolute Gasteiger partial charge is 0.497 e. The quantitative estimate of drug-likeness (QED) is 0.848. The summed E-state index contributed by atoms with van der Waals surface area (Å²) in [5.74, 6) is 1.12. The number of hydrogen-bond donors (Lipinski definition) is 1. The molecule has 0 bridgehead atoms. The Morgan fingerprint density at radius 1 is 1.35 bits per heavy atom. The molecule has 23 heavy (non-hydrogen) atoms. The van der Waals surface area contributed by atoms with E-state index >= 15 is 0 Å². The van der Waals surface area contributed by atoms with Crippen molar-refractivity contribution in [3.05, 3.63) is 29.8 Å². The van der Waals surface area contributed by atoms with Gasteiger partial charge in [0.25, 0.3) is 0 Å². The van der Waals surface area contributed by atoms with Crippen LogP contribution < -0.4 is 10.1 Å². The lowest BCUT2D eigenvalue weighted by Gasteiger charge is -2.21. The molecule has 1 amide bonds. The normalized spacial score (nSPS) is 21.8. The van der Waals surface area contributed by atoms with E-state index < -0.39 is 10.0 Å². The van der Waals surface area contributed by atoms with Crippen molar-refractivity contribution in [3.8, 4) is 5.75 Å². The van der Waals surface area contributed by atoms with E-state index in [2.05, 4.69) is 5.32 Å². The molecule has 1 heterocycles. The highest BCUT2D eigenvalue weighted by atomic mass is 32.2. The Bertz CT molecular complexity index is 668. The number of methoxy groups -OCH3 is 1. The van der Waals surface area contributed by atoms with Gasteiger partial charge in [0.05, 0.1) is 25.4 Å². The van der Waals surface area contributed by atoms with Crippen LogP contribution in [0, 0.1) is 5.92 Å². The highest BCUT2D eigenvalue weighted by Gasteiger charge is 2.35. The molecule has 1 saturated heterocycles. The van der Waals surface area contributed by atoms with Crippen molar-refractivity contribution in [2.45, 2.75) is 25.3 Å². The van der Waals surface area contributed by atoms with E-state index in [1.54, 1.807) is 7.11 Å². The summed E-state index contributed by atoms with van der Waals surface area (Å²) in [7, 11) is -1.62. The minimum atomic E-state index is -3.24. The lowest BCUT2D eigenvalue weighted by molar-refractivity contribution is -0.122. The van der Waals surface area contributed by atoms with Crippen LogP contribution in [0.4, 0.5) is 0 Å². The van der Waals surface area contributed by atoms with E-state index in [1.165, 1.54) is 4.31 Å². The molecule has 1 aliphatic heterocycles. The van der Waals surface area contributed by atoms with Gasteiger partial charge in [-0.25, -0.2) is 8.42 Å². The summed E-state index contributed by atoms with van der Waals surface area (Å²) in [6.07, 6.45) is 2.76. The van der Waals surface area contributed by atoms with Crippen LogP contribution >= 0.6 is 0 Å². The molecular weight excluding hydrogens is 316 g/mol. The van der Waals surface area contributed by atoms with E-state index in [0.29, 0.717) is 18.9 Å². The molecule has 0 spiro atoms. The second-order valence-corrected chi connectivity index (χ2v) is 8.25. The molecule has 1 unspecified atom stereocenters. The second-order valence-electron chi connectivity index (χ2n) is 6.16. The first-order valence-corrected chi connectivity index (χ1v) is 9.51. The van der Waals surface area contributed by atoms with Gasteiger partial charge < -0.3 is 10.1 Å². The van der Waals surface area contributed by atoms with E-state index in [0.717, 1.165) is 24.2 Å². The van der Waals surface area contributed by atoms with Crippen molar-refractivity contribution >= 4 is 15.9 Å². The van der Waals surface area contributed by atoms with Crippen molar-refractivity contribution < 1.29 is 17.9 Å². The van der Waals surface area contributed by atoms with E-state index in [-0.39, 0.29) is 24.2 Å². The standard InChI is InChI=1S/C16H22N2O4S/c1-22-14-7-5-13(6-8-14)16(12-3-4-12)17-15(19)11-18-9-2-10-23(18,20)21/h5-8,12,16H,2-4,9-11H2,1H3,(H,17,19). The van der Waals surface area contributed by atoms with E-state index in [1.807, 2.05) is 24.3 Å². The number of amides is 1. The topological polar surface area (TPSA) is 75.7 Å². The third-order valence-corrected chi connectivity index (χ3v) is 6.31. The number of nitrogens with zero attached hydrogens (tertiary/aromatic N) is 1. The highest BCUT2D eigenvalue weighted by Crippen LogP contribution is 2.41. The summed E-state index contributed by atoms with van der Waals surface area (Å²) in [6, 6.07) is 7.60. The molecule has 7 heteroatoms. The Kier molecular flexibility index (Phi) is 4.59. The van der Waals surface area contributed by atoms with Gasteiger partial charge in [-0.05, 0) is 42.9 Å². The minimum absolute atomic E-state index is 0.0567. The van der Waals surface area contributed by atoms with Gasteiger partial charge in [-0.15, -0.1) is 0 Å². The van der Waals surface area contributed by atoms with E-state index in [9.17, 15) is 13.2 Å². The van der Waals surface area contributed by atoms with Crippen molar-refractivity contribution in [2.24, 2.45) is 5.92 Å². The summed E-state index contributed by atoms with van der Waals surface area (Å²) in [5.41, 5.74) is 1.03. The maximum Gasteiger partial charge on any atom is 0.235 e. The molecule has 0 aromatic heterocycles. The lowest BCUT2D eigenvalue weighted by Crippen LogP contribution is -2.40. The van der Waals surface area contributed by atoms with Gasteiger partial charge >= 0.3 is 0 Å².